The molecule has 0 atom stereocenters. The zero-order valence-corrected chi connectivity index (χ0v) is 14.2. The van der Waals surface area contributed by atoms with Crippen molar-refractivity contribution in [3.63, 3.8) is 0 Å². The summed E-state index contributed by atoms with van der Waals surface area (Å²) in [6, 6.07) is 18.0. The molecule has 0 aliphatic heterocycles. The molecule has 2 aromatic rings. The predicted octanol–water partition coefficient (Wildman–Crippen LogP) is 3.52. The quantitative estimate of drug-likeness (QED) is 0.803. The van der Waals surface area contributed by atoms with Crippen molar-refractivity contribution in [2.75, 3.05) is 20.1 Å². The van der Waals surface area contributed by atoms with E-state index in [1.54, 1.807) is 0 Å². The van der Waals surface area contributed by atoms with E-state index in [9.17, 15) is 4.79 Å². The van der Waals surface area contributed by atoms with Gasteiger partial charge in [0.15, 0.2) is 0 Å². The highest BCUT2D eigenvalue weighted by Gasteiger charge is 2.05. The molecule has 0 saturated heterocycles. The number of rotatable bonds is 8. The summed E-state index contributed by atoms with van der Waals surface area (Å²) in [6.45, 7) is 2.25. The molecule has 122 valence electrons. The van der Waals surface area contributed by atoms with E-state index in [0.717, 1.165) is 30.1 Å². The highest BCUT2D eigenvalue weighted by Crippen LogP contribution is 2.10. The summed E-state index contributed by atoms with van der Waals surface area (Å²) in [5, 5.41) is 3.69. The van der Waals surface area contributed by atoms with E-state index in [1.165, 1.54) is 5.56 Å². The van der Waals surface area contributed by atoms with Crippen molar-refractivity contribution in [2.24, 2.45) is 0 Å². The summed E-state index contributed by atoms with van der Waals surface area (Å²) < 4.78 is 0. The molecule has 0 aromatic heterocycles. The minimum Gasteiger partial charge on any atom is -0.356 e. The number of halogens is 1. The van der Waals surface area contributed by atoms with Gasteiger partial charge in [0.25, 0.3) is 0 Å². The number of benzene rings is 2. The third-order valence-electron chi connectivity index (χ3n) is 3.64. The van der Waals surface area contributed by atoms with Crippen LogP contribution in [0, 0.1) is 0 Å². The number of nitrogens with zero attached hydrogens (tertiary/aromatic N) is 1. The van der Waals surface area contributed by atoms with E-state index >= 15 is 0 Å². The lowest BCUT2D eigenvalue weighted by Gasteiger charge is -2.16. The van der Waals surface area contributed by atoms with Gasteiger partial charge in [-0.25, -0.2) is 0 Å². The van der Waals surface area contributed by atoms with E-state index in [4.69, 9.17) is 11.6 Å². The number of hydrogen-bond acceptors (Lipinski definition) is 2. The van der Waals surface area contributed by atoms with Crippen molar-refractivity contribution < 1.29 is 4.79 Å². The highest BCUT2D eigenvalue weighted by molar-refractivity contribution is 6.30. The van der Waals surface area contributed by atoms with Crippen molar-refractivity contribution >= 4 is 17.5 Å². The summed E-state index contributed by atoms with van der Waals surface area (Å²) in [6.07, 6.45) is 1.31. The van der Waals surface area contributed by atoms with Gasteiger partial charge < -0.3 is 10.2 Å². The Balaban J connectivity index is 1.63. The van der Waals surface area contributed by atoms with Crippen LogP contribution in [0.1, 0.15) is 17.5 Å². The molecular weight excluding hydrogens is 308 g/mol. The number of carbonyl (C=O) groups excluding carboxylic acids is 1. The molecule has 0 spiro atoms. The van der Waals surface area contributed by atoms with Gasteiger partial charge in [0.05, 0.1) is 0 Å². The number of amides is 1. The Bertz CT molecular complexity index is 616. The zero-order valence-electron chi connectivity index (χ0n) is 13.5. The molecule has 2 aromatic carbocycles. The summed E-state index contributed by atoms with van der Waals surface area (Å²) in [4.78, 5) is 14.1. The number of nitrogens with one attached hydrogen (secondary N) is 1. The maximum absolute atomic E-state index is 11.9. The second-order valence-electron chi connectivity index (χ2n) is 5.70. The van der Waals surface area contributed by atoms with Crippen molar-refractivity contribution in [1.82, 2.24) is 10.2 Å². The monoisotopic (exact) mass is 330 g/mol. The fraction of sp³-hybridized carbons (Fsp3) is 0.316. The van der Waals surface area contributed by atoms with Gasteiger partial charge in [0.1, 0.15) is 0 Å². The summed E-state index contributed by atoms with van der Waals surface area (Å²) >= 11 is 5.94. The molecule has 0 bridgehead atoms. The van der Waals surface area contributed by atoms with Crippen LogP contribution >= 0.6 is 11.6 Å². The highest BCUT2D eigenvalue weighted by atomic mass is 35.5. The molecule has 4 heteroatoms. The van der Waals surface area contributed by atoms with Crippen molar-refractivity contribution in [3.05, 3.63) is 70.7 Å². The molecule has 0 aliphatic carbocycles. The molecular formula is C19H23ClN2O. The van der Waals surface area contributed by atoms with Crippen LogP contribution in [0.25, 0.3) is 0 Å². The van der Waals surface area contributed by atoms with Gasteiger partial charge in [-0.3, -0.25) is 4.79 Å². The smallest absolute Gasteiger partial charge is 0.221 e. The van der Waals surface area contributed by atoms with E-state index in [0.29, 0.717) is 13.0 Å². The van der Waals surface area contributed by atoms with Crippen LogP contribution in [0.5, 0.6) is 0 Å². The molecule has 0 saturated carbocycles. The average molecular weight is 331 g/mol. The third-order valence-corrected chi connectivity index (χ3v) is 3.88. The van der Waals surface area contributed by atoms with Crippen LogP contribution < -0.4 is 5.32 Å². The van der Waals surface area contributed by atoms with Crippen LogP contribution in [0.4, 0.5) is 0 Å². The molecule has 0 unspecified atom stereocenters. The van der Waals surface area contributed by atoms with Crippen LogP contribution in [0.3, 0.4) is 0 Å². The van der Waals surface area contributed by atoms with E-state index < -0.39 is 0 Å². The van der Waals surface area contributed by atoms with E-state index in [1.807, 2.05) is 49.5 Å². The molecule has 0 aliphatic rings. The van der Waals surface area contributed by atoms with Crippen LogP contribution in [-0.2, 0) is 17.8 Å². The molecule has 0 radical (unpaired) electrons. The first-order valence-corrected chi connectivity index (χ1v) is 8.25. The second kappa shape index (κ2) is 9.33. The molecule has 0 fully saturated rings. The largest absolute Gasteiger partial charge is 0.356 e. The first-order chi connectivity index (χ1) is 11.1. The Morgan fingerprint density at radius 2 is 1.83 bits per heavy atom. The van der Waals surface area contributed by atoms with E-state index in [-0.39, 0.29) is 5.91 Å². The topological polar surface area (TPSA) is 32.3 Å². The van der Waals surface area contributed by atoms with E-state index in [2.05, 4.69) is 22.3 Å². The lowest BCUT2D eigenvalue weighted by molar-refractivity contribution is -0.121. The van der Waals surface area contributed by atoms with Crippen molar-refractivity contribution in [2.45, 2.75) is 19.4 Å². The van der Waals surface area contributed by atoms with Gasteiger partial charge >= 0.3 is 0 Å². The fourth-order valence-corrected chi connectivity index (χ4v) is 2.61. The molecule has 0 heterocycles. The number of carbonyl (C=O) groups is 1. The predicted molar refractivity (Wildman–Crippen MR) is 95.6 cm³/mol. The normalized spacial score (nSPS) is 10.7. The Hall–Kier alpha value is -1.84. The molecule has 23 heavy (non-hydrogen) atoms. The molecule has 1 amide bonds. The SMILES string of the molecule is CN(CCC(=O)NCCc1cccc(Cl)c1)Cc1ccccc1. The average Bonchev–Trinajstić information content (AvgIpc) is 2.54. The van der Waals surface area contributed by atoms with Gasteiger partial charge in [-0.05, 0) is 36.7 Å². The fourth-order valence-electron chi connectivity index (χ4n) is 2.39. The van der Waals surface area contributed by atoms with Gasteiger partial charge in [0, 0.05) is 31.1 Å². The molecule has 3 nitrogen and oxygen atoms in total. The van der Waals surface area contributed by atoms with Crippen LogP contribution in [0.15, 0.2) is 54.6 Å². The maximum atomic E-state index is 11.9. The Morgan fingerprint density at radius 1 is 1.09 bits per heavy atom. The second-order valence-corrected chi connectivity index (χ2v) is 6.14. The third kappa shape index (κ3) is 6.85. The lowest BCUT2D eigenvalue weighted by atomic mass is 10.1. The molecule has 2 rings (SSSR count). The van der Waals surface area contributed by atoms with Gasteiger partial charge in [0.2, 0.25) is 5.91 Å². The van der Waals surface area contributed by atoms with Crippen LogP contribution in [0.2, 0.25) is 5.02 Å². The molecule has 1 N–H and O–H groups in total. The zero-order chi connectivity index (χ0) is 16.5. The lowest BCUT2D eigenvalue weighted by Crippen LogP contribution is -2.30. The first-order valence-electron chi connectivity index (χ1n) is 7.87. The standard InChI is InChI=1S/C19H23ClN2O/c1-22(15-17-6-3-2-4-7-17)13-11-19(23)21-12-10-16-8-5-9-18(20)14-16/h2-9,14H,10-13,15H2,1H3,(H,21,23). The summed E-state index contributed by atoms with van der Waals surface area (Å²) in [5.74, 6) is 0.0898. The number of hydrogen-bond donors (Lipinski definition) is 1. The van der Waals surface area contributed by atoms with Crippen LogP contribution in [-0.4, -0.2) is 30.9 Å². The van der Waals surface area contributed by atoms with Gasteiger partial charge in [-0.2, -0.15) is 0 Å². The van der Waals surface area contributed by atoms with Gasteiger partial charge in [-0.15, -0.1) is 0 Å². The Kier molecular flexibility index (Phi) is 7.11. The Labute approximate surface area is 143 Å². The first kappa shape index (κ1) is 17.5. The Morgan fingerprint density at radius 3 is 2.57 bits per heavy atom. The summed E-state index contributed by atoms with van der Waals surface area (Å²) in [5.41, 5.74) is 2.40. The van der Waals surface area contributed by atoms with Crippen molar-refractivity contribution in [3.8, 4) is 0 Å². The van der Waals surface area contributed by atoms with Gasteiger partial charge in [-0.1, -0.05) is 54.1 Å². The minimum atomic E-state index is 0.0898. The van der Waals surface area contributed by atoms with Crippen molar-refractivity contribution in [1.29, 1.82) is 0 Å². The summed E-state index contributed by atoms with van der Waals surface area (Å²) in [7, 11) is 2.03. The minimum absolute atomic E-state index is 0.0898. The maximum Gasteiger partial charge on any atom is 0.221 e.